The minimum absolute atomic E-state index is 0.195. The van der Waals surface area contributed by atoms with E-state index in [-0.39, 0.29) is 16.9 Å². The van der Waals surface area contributed by atoms with E-state index in [1.165, 1.54) is 58.3 Å². The molecule has 5 heteroatoms. The van der Waals surface area contributed by atoms with Crippen LogP contribution < -0.4 is 14.2 Å². The minimum atomic E-state index is -0.532. The summed E-state index contributed by atoms with van der Waals surface area (Å²) in [6.07, 6.45) is 14.2. The molecule has 0 aliphatic carbocycles. The summed E-state index contributed by atoms with van der Waals surface area (Å²) in [5, 5.41) is 0. The predicted molar refractivity (Wildman–Crippen MR) is 185 cm³/mol. The highest BCUT2D eigenvalue weighted by molar-refractivity contribution is 5.95. The van der Waals surface area contributed by atoms with Crippen LogP contribution in [0.3, 0.4) is 0 Å². The molecular formula is C40H60O5. The van der Waals surface area contributed by atoms with Crippen molar-refractivity contribution in [3.63, 3.8) is 0 Å². The lowest BCUT2D eigenvalue weighted by molar-refractivity contribution is -0.131. The van der Waals surface area contributed by atoms with E-state index in [0.717, 1.165) is 77.0 Å². The Morgan fingerprint density at radius 2 is 1.49 bits per heavy atom. The lowest BCUT2D eigenvalue weighted by atomic mass is 9.83. The van der Waals surface area contributed by atoms with Gasteiger partial charge in [0.25, 0.3) is 0 Å². The number of carbonyl (C=O) groups excluding carboxylic acids is 2. The SMILES string of the molecule is CCc1ccc(C(=O)Oc2c(C)c(C)c3c(c2C)CCC(C)(CCCC(C)CCCC(C)CCCC(C)C)O3)c(OC(C)=O)c1. The van der Waals surface area contributed by atoms with E-state index < -0.39 is 11.9 Å². The largest absolute Gasteiger partial charge is 0.487 e. The van der Waals surface area contributed by atoms with Crippen LogP contribution in [-0.4, -0.2) is 17.5 Å². The van der Waals surface area contributed by atoms with Crippen LogP contribution in [0.1, 0.15) is 151 Å². The van der Waals surface area contributed by atoms with E-state index in [9.17, 15) is 9.59 Å². The Bertz CT molecular complexity index is 1310. The van der Waals surface area contributed by atoms with Gasteiger partial charge in [0.2, 0.25) is 0 Å². The van der Waals surface area contributed by atoms with E-state index in [1.807, 2.05) is 26.8 Å². The van der Waals surface area contributed by atoms with Crippen molar-refractivity contribution in [1.29, 1.82) is 0 Å². The highest BCUT2D eigenvalue weighted by Crippen LogP contribution is 2.45. The minimum Gasteiger partial charge on any atom is -0.487 e. The molecular weight excluding hydrogens is 560 g/mol. The van der Waals surface area contributed by atoms with E-state index in [4.69, 9.17) is 14.2 Å². The number of rotatable bonds is 16. The number of hydrogen-bond acceptors (Lipinski definition) is 5. The van der Waals surface area contributed by atoms with Gasteiger partial charge in [0.15, 0.2) is 0 Å². The highest BCUT2D eigenvalue weighted by Gasteiger charge is 2.35. The first-order valence-electron chi connectivity index (χ1n) is 17.6. The quantitative estimate of drug-likeness (QED) is 0.138. The molecule has 5 nitrogen and oxygen atoms in total. The van der Waals surface area contributed by atoms with Gasteiger partial charge in [0.05, 0.1) is 0 Å². The molecule has 3 unspecified atom stereocenters. The van der Waals surface area contributed by atoms with Crippen LogP contribution in [0.15, 0.2) is 18.2 Å². The molecule has 0 saturated heterocycles. The third kappa shape index (κ3) is 10.3. The molecule has 2 aromatic rings. The Morgan fingerprint density at radius 1 is 0.867 bits per heavy atom. The summed E-state index contributed by atoms with van der Waals surface area (Å²) in [5.74, 6) is 3.16. The van der Waals surface area contributed by atoms with Crippen molar-refractivity contribution in [2.45, 2.75) is 152 Å². The van der Waals surface area contributed by atoms with Gasteiger partial charge in [0.1, 0.15) is 28.4 Å². The number of esters is 2. The zero-order chi connectivity index (χ0) is 33.3. The second kappa shape index (κ2) is 16.7. The molecule has 0 aromatic heterocycles. The summed E-state index contributed by atoms with van der Waals surface area (Å²) in [4.78, 5) is 25.1. The standard InChI is InChI=1S/C40H60O5/c1-11-33-20-21-35(36(25-33)43-32(9)41)39(42)44-37-29(6)30(7)38-34(31(37)8)22-24-40(10,45-38)23-14-19-28(5)18-13-17-27(4)16-12-15-26(2)3/h20-21,25-28H,11-19,22-24H2,1-10H3. The Morgan fingerprint density at radius 3 is 2.09 bits per heavy atom. The van der Waals surface area contributed by atoms with Gasteiger partial charge in [-0.25, -0.2) is 4.79 Å². The average molecular weight is 621 g/mol. The maximum Gasteiger partial charge on any atom is 0.347 e. The van der Waals surface area contributed by atoms with Crippen LogP contribution in [0.2, 0.25) is 0 Å². The van der Waals surface area contributed by atoms with Crippen molar-refractivity contribution in [3.8, 4) is 17.2 Å². The molecule has 0 N–H and O–H groups in total. The smallest absolute Gasteiger partial charge is 0.347 e. The summed E-state index contributed by atoms with van der Waals surface area (Å²) in [7, 11) is 0. The molecule has 0 spiro atoms. The zero-order valence-corrected chi connectivity index (χ0v) is 30.0. The fraction of sp³-hybridized carbons (Fsp3) is 0.650. The summed E-state index contributed by atoms with van der Waals surface area (Å²) < 4.78 is 18.2. The molecule has 1 heterocycles. The normalized spacial score (nSPS) is 17.4. The van der Waals surface area contributed by atoms with Gasteiger partial charge < -0.3 is 14.2 Å². The van der Waals surface area contributed by atoms with Crippen LogP contribution in [0.4, 0.5) is 0 Å². The average Bonchev–Trinajstić information content (AvgIpc) is 2.97. The molecule has 3 atom stereocenters. The van der Waals surface area contributed by atoms with Crippen LogP contribution in [0, 0.1) is 38.5 Å². The van der Waals surface area contributed by atoms with Crippen molar-refractivity contribution < 1.29 is 23.8 Å². The third-order valence-corrected chi connectivity index (χ3v) is 9.96. The van der Waals surface area contributed by atoms with Gasteiger partial charge in [-0.1, -0.05) is 85.6 Å². The van der Waals surface area contributed by atoms with E-state index >= 15 is 0 Å². The van der Waals surface area contributed by atoms with Crippen LogP contribution in [-0.2, 0) is 17.6 Å². The first-order chi connectivity index (χ1) is 21.2. The van der Waals surface area contributed by atoms with Crippen LogP contribution in [0.25, 0.3) is 0 Å². The molecule has 0 radical (unpaired) electrons. The van der Waals surface area contributed by atoms with Gasteiger partial charge in [0, 0.05) is 12.5 Å². The molecule has 2 aromatic carbocycles. The summed E-state index contributed by atoms with van der Waals surface area (Å²) in [5.41, 5.74) is 5.00. The first-order valence-corrected chi connectivity index (χ1v) is 17.6. The fourth-order valence-corrected chi connectivity index (χ4v) is 6.76. The molecule has 1 aliphatic heterocycles. The van der Waals surface area contributed by atoms with Crippen LogP contribution in [0.5, 0.6) is 17.2 Å². The summed E-state index contributed by atoms with van der Waals surface area (Å²) in [6.45, 7) is 21.1. The number of carbonyl (C=O) groups is 2. The first kappa shape index (κ1) is 36.6. The molecule has 3 rings (SSSR count). The second-order valence-electron chi connectivity index (χ2n) is 14.6. The zero-order valence-electron chi connectivity index (χ0n) is 30.0. The number of hydrogen-bond donors (Lipinski definition) is 0. The molecule has 1 aliphatic rings. The maximum absolute atomic E-state index is 13.4. The molecule has 45 heavy (non-hydrogen) atoms. The predicted octanol–water partition coefficient (Wildman–Crippen LogP) is 10.8. The topological polar surface area (TPSA) is 61.8 Å². The number of benzene rings is 2. The molecule has 0 bridgehead atoms. The van der Waals surface area contributed by atoms with Crippen molar-refractivity contribution in [3.05, 3.63) is 51.6 Å². The molecule has 250 valence electrons. The van der Waals surface area contributed by atoms with Gasteiger partial charge >= 0.3 is 11.9 Å². The van der Waals surface area contributed by atoms with E-state index in [1.54, 1.807) is 12.1 Å². The highest BCUT2D eigenvalue weighted by atomic mass is 16.6. The monoisotopic (exact) mass is 620 g/mol. The van der Waals surface area contributed by atoms with Crippen molar-refractivity contribution in [1.82, 2.24) is 0 Å². The molecule has 0 saturated carbocycles. The Labute approximate surface area is 273 Å². The van der Waals surface area contributed by atoms with Crippen molar-refractivity contribution >= 4 is 11.9 Å². The Hall–Kier alpha value is -2.82. The van der Waals surface area contributed by atoms with Crippen molar-refractivity contribution in [2.24, 2.45) is 17.8 Å². The van der Waals surface area contributed by atoms with Gasteiger partial charge in [-0.15, -0.1) is 0 Å². The summed E-state index contributed by atoms with van der Waals surface area (Å²) >= 11 is 0. The van der Waals surface area contributed by atoms with E-state index in [2.05, 4.69) is 41.5 Å². The van der Waals surface area contributed by atoms with Crippen LogP contribution >= 0.6 is 0 Å². The molecule has 0 amide bonds. The van der Waals surface area contributed by atoms with Gasteiger partial charge in [-0.3, -0.25) is 4.79 Å². The Balaban J connectivity index is 1.61. The van der Waals surface area contributed by atoms with E-state index in [0.29, 0.717) is 5.75 Å². The third-order valence-electron chi connectivity index (χ3n) is 9.96. The maximum atomic E-state index is 13.4. The lowest BCUT2D eigenvalue weighted by Gasteiger charge is -2.38. The van der Waals surface area contributed by atoms with Gasteiger partial charge in [-0.2, -0.15) is 0 Å². The summed E-state index contributed by atoms with van der Waals surface area (Å²) in [6, 6.07) is 5.29. The number of fused-ring (bicyclic) bond motifs is 1. The number of ether oxygens (including phenoxy) is 3. The molecule has 0 fully saturated rings. The van der Waals surface area contributed by atoms with Gasteiger partial charge in [-0.05, 0) is 112 Å². The lowest BCUT2D eigenvalue weighted by Crippen LogP contribution is -2.37. The fourth-order valence-electron chi connectivity index (χ4n) is 6.76. The second-order valence-corrected chi connectivity index (χ2v) is 14.6. The number of aryl methyl sites for hydroxylation is 1. The van der Waals surface area contributed by atoms with Crippen molar-refractivity contribution in [2.75, 3.05) is 0 Å². The Kier molecular flexibility index (Phi) is 13.6.